The Morgan fingerprint density at radius 2 is 2.13 bits per heavy atom. The molecule has 4 heteroatoms. The molecule has 1 fully saturated rings. The standard InChI is InChI=1S/C7H14O3.C4H8O/c1-3-6(8)5-7(9)10-4-2;1-2-4-3-5-4/h6,8H,3-5H2,1-2H3;4H,2-3H2,1H3. The first kappa shape index (κ1) is 14.4. The number of ether oxygens (including phenoxy) is 2. The molecule has 1 aliphatic rings. The molecule has 1 rings (SSSR count). The number of hydrogen-bond donors (Lipinski definition) is 1. The molecule has 2 atom stereocenters. The maximum absolute atomic E-state index is 10.6. The van der Waals surface area contributed by atoms with E-state index in [1.54, 1.807) is 6.92 Å². The number of esters is 1. The Bertz CT molecular complexity index is 166. The van der Waals surface area contributed by atoms with E-state index in [1.807, 2.05) is 6.92 Å². The smallest absolute Gasteiger partial charge is 0.308 e. The van der Waals surface area contributed by atoms with Crippen molar-refractivity contribution >= 4 is 5.97 Å². The summed E-state index contributed by atoms with van der Waals surface area (Å²) < 4.78 is 9.47. The van der Waals surface area contributed by atoms with Crippen molar-refractivity contribution in [2.45, 2.75) is 52.2 Å². The molecule has 0 aromatic rings. The van der Waals surface area contributed by atoms with Crippen LogP contribution >= 0.6 is 0 Å². The lowest BCUT2D eigenvalue weighted by atomic mass is 10.2. The molecule has 1 aliphatic heterocycles. The van der Waals surface area contributed by atoms with Crippen LogP contribution in [0.5, 0.6) is 0 Å². The molecule has 1 heterocycles. The Kier molecular flexibility index (Phi) is 8.33. The summed E-state index contributed by atoms with van der Waals surface area (Å²) in [6.07, 6.45) is 2.00. The van der Waals surface area contributed by atoms with Gasteiger partial charge in [0.2, 0.25) is 0 Å². The molecule has 2 unspecified atom stereocenters. The van der Waals surface area contributed by atoms with Gasteiger partial charge in [0, 0.05) is 0 Å². The second-order valence-corrected chi connectivity index (χ2v) is 3.43. The van der Waals surface area contributed by atoms with E-state index in [-0.39, 0.29) is 12.4 Å². The third kappa shape index (κ3) is 9.69. The van der Waals surface area contributed by atoms with Gasteiger partial charge < -0.3 is 14.6 Å². The summed E-state index contributed by atoms with van der Waals surface area (Å²) in [5.74, 6) is -0.322. The molecule has 0 aromatic carbocycles. The molecule has 0 saturated carbocycles. The Morgan fingerprint density at radius 3 is 2.40 bits per heavy atom. The van der Waals surface area contributed by atoms with E-state index in [0.717, 1.165) is 6.61 Å². The van der Waals surface area contributed by atoms with E-state index in [4.69, 9.17) is 9.84 Å². The zero-order valence-corrected chi connectivity index (χ0v) is 9.86. The van der Waals surface area contributed by atoms with Crippen molar-refractivity contribution in [3.8, 4) is 0 Å². The highest BCUT2D eigenvalue weighted by atomic mass is 16.6. The normalized spacial score (nSPS) is 19.9. The Labute approximate surface area is 91.6 Å². The summed E-state index contributed by atoms with van der Waals surface area (Å²) >= 11 is 0. The third-order valence-electron chi connectivity index (χ3n) is 2.04. The molecule has 0 bridgehead atoms. The molecule has 90 valence electrons. The van der Waals surface area contributed by atoms with Crippen LogP contribution in [0.4, 0.5) is 0 Å². The third-order valence-corrected chi connectivity index (χ3v) is 2.04. The van der Waals surface area contributed by atoms with Gasteiger partial charge in [-0.1, -0.05) is 13.8 Å². The predicted octanol–water partition coefficient (Wildman–Crippen LogP) is 1.51. The first-order valence-corrected chi connectivity index (χ1v) is 5.59. The molecular formula is C11H22O4. The Balaban J connectivity index is 0.000000322. The largest absolute Gasteiger partial charge is 0.466 e. The van der Waals surface area contributed by atoms with Crippen LogP contribution in [0.1, 0.15) is 40.0 Å². The minimum absolute atomic E-state index is 0.115. The van der Waals surface area contributed by atoms with Crippen LogP contribution in [-0.4, -0.2) is 36.5 Å². The summed E-state index contributed by atoms with van der Waals surface area (Å²) in [5, 5.41) is 8.95. The number of aliphatic hydroxyl groups is 1. The minimum Gasteiger partial charge on any atom is -0.466 e. The van der Waals surface area contributed by atoms with Crippen molar-refractivity contribution in [2.24, 2.45) is 0 Å². The molecule has 4 nitrogen and oxygen atoms in total. The van der Waals surface area contributed by atoms with Gasteiger partial charge in [-0.3, -0.25) is 4.79 Å². The van der Waals surface area contributed by atoms with E-state index in [1.165, 1.54) is 6.42 Å². The van der Waals surface area contributed by atoms with Gasteiger partial charge in [0.1, 0.15) is 0 Å². The van der Waals surface area contributed by atoms with Crippen LogP contribution < -0.4 is 0 Å². The Hall–Kier alpha value is -0.610. The fourth-order valence-corrected chi connectivity index (χ4v) is 0.860. The minimum atomic E-state index is -0.543. The zero-order valence-electron chi connectivity index (χ0n) is 9.86. The highest BCUT2D eigenvalue weighted by Gasteiger charge is 2.18. The summed E-state index contributed by atoms with van der Waals surface area (Å²) in [5.41, 5.74) is 0. The molecule has 15 heavy (non-hydrogen) atoms. The van der Waals surface area contributed by atoms with Crippen LogP contribution in [0.3, 0.4) is 0 Å². The van der Waals surface area contributed by atoms with Crippen LogP contribution in [0, 0.1) is 0 Å². The van der Waals surface area contributed by atoms with Crippen molar-refractivity contribution in [2.75, 3.05) is 13.2 Å². The van der Waals surface area contributed by atoms with E-state index >= 15 is 0 Å². The van der Waals surface area contributed by atoms with Gasteiger partial charge in [-0.2, -0.15) is 0 Å². The Morgan fingerprint density at radius 1 is 1.53 bits per heavy atom. The van der Waals surface area contributed by atoms with E-state index < -0.39 is 6.10 Å². The van der Waals surface area contributed by atoms with Gasteiger partial charge in [-0.25, -0.2) is 0 Å². The fraction of sp³-hybridized carbons (Fsp3) is 0.909. The van der Waals surface area contributed by atoms with Crippen molar-refractivity contribution in [1.29, 1.82) is 0 Å². The van der Waals surface area contributed by atoms with Crippen molar-refractivity contribution in [3.05, 3.63) is 0 Å². The summed E-state index contributed by atoms with van der Waals surface area (Å²) in [7, 11) is 0. The maximum Gasteiger partial charge on any atom is 0.308 e. The predicted molar refractivity (Wildman–Crippen MR) is 57.6 cm³/mol. The highest BCUT2D eigenvalue weighted by Crippen LogP contribution is 2.10. The molecule has 1 saturated heterocycles. The van der Waals surface area contributed by atoms with Crippen LogP contribution in [0.25, 0.3) is 0 Å². The number of hydrogen-bond acceptors (Lipinski definition) is 4. The number of aliphatic hydroxyl groups excluding tert-OH is 1. The van der Waals surface area contributed by atoms with Crippen LogP contribution in [0.2, 0.25) is 0 Å². The van der Waals surface area contributed by atoms with Crippen LogP contribution in [0.15, 0.2) is 0 Å². The molecule has 0 spiro atoms. The van der Waals surface area contributed by atoms with Crippen molar-refractivity contribution in [1.82, 2.24) is 0 Å². The number of rotatable bonds is 5. The van der Waals surface area contributed by atoms with Crippen molar-refractivity contribution < 1.29 is 19.4 Å². The molecule has 0 radical (unpaired) electrons. The monoisotopic (exact) mass is 218 g/mol. The lowest BCUT2D eigenvalue weighted by Crippen LogP contribution is -2.14. The van der Waals surface area contributed by atoms with E-state index in [9.17, 15) is 4.79 Å². The van der Waals surface area contributed by atoms with Gasteiger partial charge >= 0.3 is 5.97 Å². The van der Waals surface area contributed by atoms with Crippen molar-refractivity contribution in [3.63, 3.8) is 0 Å². The topological polar surface area (TPSA) is 59.1 Å². The fourth-order valence-electron chi connectivity index (χ4n) is 0.860. The average Bonchev–Trinajstić information content (AvgIpc) is 3.02. The van der Waals surface area contributed by atoms with E-state index in [0.29, 0.717) is 19.1 Å². The van der Waals surface area contributed by atoms with Crippen LogP contribution in [-0.2, 0) is 14.3 Å². The van der Waals surface area contributed by atoms with Gasteiger partial charge in [0.05, 0.1) is 31.8 Å². The summed E-state index contributed by atoms with van der Waals surface area (Å²) in [6.45, 7) is 7.10. The molecule has 0 aromatic heterocycles. The summed E-state index contributed by atoms with van der Waals surface area (Å²) in [4.78, 5) is 10.6. The number of carbonyl (C=O) groups is 1. The van der Waals surface area contributed by atoms with Gasteiger partial charge in [-0.15, -0.1) is 0 Å². The summed E-state index contributed by atoms with van der Waals surface area (Å²) in [6, 6.07) is 0. The molecule has 0 amide bonds. The number of carbonyl (C=O) groups excluding carboxylic acids is 1. The first-order valence-electron chi connectivity index (χ1n) is 5.59. The second-order valence-electron chi connectivity index (χ2n) is 3.43. The maximum atomic E-state index is 10.6. The van der Waals surface area contributed by atoms with Gasteiger partial charge in [-0.05, 0) is 19.8 Å². The second kappa shape index (κ2) is 8.68. The molecule has 0 aliphatic carbocycles. The lowest BCUT2D eigenvalue weighted by Gasteiger charge is -2.05. The number of epoxide rings is 1. The average molecular weight is 218 g/mol. The molecule has 1 N–H and O–H groups in total. The quantitative estimate of drug-likeness (QED) is 0.561. The first-order chi connectivity index (χ1) is 7.13. The zero-order chi connectivity index (χ0) is 11.7. The molecular weight excluding hydrogens is 196 g/mol. The SMILES string of the molecule is CCC1CO1.CCOC(=O)CC(O)CC. The lowest BCUT2D eigenvalue weighted by molar-refractivity contribution is -0.145. The highest BCUT2D eigenvalue weighted by molar-refractivity contribution is 5.69. The van der Waals surface area contributed by atoms with E-state index in [2.05, 4.69) is 11.7 Å². The van der Waals surface area contributed by atoms with Gasteiger partial charge in [0.25, 0.3) is 0 Å². The van der Waals surface area contributed by atoms with Gasteiger partial charge in [0.15, 0.2) is 0 Å².